The van der Waals surface area contributed by atoms with Crippen molar-refractivity contribution >= 4 is 39.1 Å². The van der Waals surface area contributed by atoms with Gasteiger partial charge in [-0.15, -0.1) is 0 Å². The van der Waals surface area contributed by atoms with Gasteiger partial charge >= 0.3 is 0 Å². The first kappa shape index (κ1) is 26.8. The Bertz CT molecular complexity index is 1180. The van der Waals surface area contributed by atoms with Crippen molar-refractivity contribution in [2.24, 2.45) is 5.92 Å². The van der Waals surface area contributed by atoms with Crippen LogP contribution in [0.15, 0.2) is 41.3 Å². The number of carbonyl (C=O) groups is 2. The van der Waals surface area contributed by atoms with Crippen LogP contribution in [0.25, 0.3) is 0 Å². The molecule has 0 saturated carbocycles. The van der Waals surface area contributed by atoms with Crippen LogP contribution in [0.3, 0.4) is 0 Å². The molecule has 3 rings (SSSR count). The largest absolute Gasteiger partial charge is 0.495 e. The van der Waals surface area contributed by atoms with Gasteiger partial charge in [0.05, 0.1) is 29.8 Å². The number of hydrogen-bond acceptors (Lipinski definition) is 6. The zero-order valence-electron chi connectivity index (χ0n) is 20.1. The van der Waals surface area contributed by atoms with Crippen molar-refractivity contribution in [2.45, 2.75) is 37.6 Å². The number of nitrogens with one attached hydrogen (secondary N) is 2. The van der Waals surface area contributed by atoms with E-state index in [2.05, 4.69) is 10.6 Å². The van der Waals surface area contributed by atoms with Crippen molar-refractivity contribution in [3.8, 4) is 11.5 Å². The maximum absolute atomic E-state index is 12.9. The number of anilines is 1. The van der Waals surface area contributed by atoms with Crippen LogP contribution >= 0.6 is 11.6 Å². The summed E-state index contributed by atoms with van der Waals surface area (Å²) in [7, 11) is -0.684. The number of halogens is 1. The third-order valence-electron chi connectivity index (χ3n) is 5.97. The van der Waals surface area contributed by atoms with E-state index in [1.807, 2.05) is 6.92 Å². The summed E-state index contributed by atoms with van der Waals surface area (Å²) in [5.41, 5.74) is 1.32. The van der Waals surface area contributed by atoms with Crippen LogP contribution in [0.1, 0.15) is 25.3 Å². The number of methoxy groups -OCH3 is 2. The molecule has 11 heteroatoms. The molecule has 0 aromatic heterocycles. The van der Waals surface area contributed by atoms with Gasteiger partial charge < -0.3 is 20.1 Å². The van der Waals surface area contributed by atoms with Gasteiger partial charge in [-0.25, -0.2) is 8.42 Å². The van der Waals surface area contributed by atoms with Gasteiger partial charge in [0.15, 0.2) is 0 Å². The molecule has 1 saturated heterocycles. The fourth-order valence-corrected chi connectivity index (χ4v) is 5.52. The Hall–Kier alpha value is -2.82. The summed E-state index contributed by atoms with van der Waals surface area (Å²) in [6.07, 6.45) is 0.736. The molecule has 2 amide bonds. The van der Waals surface area contributed by atoms with E-state index >= 15 is 0 Å². The molecule has 2 aromatic rings. The van der Waals surface area contributed by atoms with Gasteiger partial charge in [0.2, 0.25) is 21.8 Å². The van der Waals surface area contributed by atoms with E-state index in [-0.39, 0.29) is 29.8 Å². The van der Waals surface area contributed by atoms with Crippen molar-refractivity contribution in [3.05, 3.63) is 47.0 Å². The van der Waals surface area contributed by atoms with E-state index < -0.39 is 22.0 Å². The minimum Gasteiger partial charge on any atom is -0.495 e. The lowest BCUT2D eigenvalue weighted by atomic mass is 9.97. The second-order valence-corrected chi connectivity index (χ2v) is 10.7. The number of sulfonamides is 1. The predicted octanol–water partition coefficient (Wildman–Crippen LogP) is 3.21. The molecule has 2 N–H and O–H groups in total. The van der Waals surface area contributed by atoms with E-state index in [1.54, 1.807) is 37.3 Å². The van der Waals surface area contributed by atoms with Crippen LogP contribution in [0.5, 0.6) is 11.5 Å². The summed E-state index contributed by atoms with van der Waals surface area (Å²) in [5, 5.41) is 5.72. The highest BCUT2D eigenvalue weighted by molar-refractivity contribution is 7.89. The summed E-state index contributed by atoms with van der Waals surface area (Å²) in [6, 6.07) is 8.94. The maximum atomic E-state index is 12.9. The zero-order valence-corrected chi connectivity index (χ0v) is 21.7. The van der Waals surface area contributed by atoms with Crippen molar-refractivity contribution in [1.29, 1.82) is 0 Å². The molecule has 1 atom stereocenters. The van der Waals surface area contributed by atoms with Gasteiger partial charge in [0.25, 0.3) is 0 Å². The van der Waals surface area contributed by atoms with Gasteiger partial charge in [-0.3, -0.25) is 9.59 Å². The Morgan fingerprint density at radius 1 is 1.06 bits per heavy atom. The van der Waals surface area contributed by atoms with Crippen molar-refractivity contribution < 1.29 is 27.5 Å². The normalized spacial score (nSPS) is 15.8. The van der Waals surface area contributed by atoms with Crippen LogP contribution in [0.4, 0.5) is 5.69 Å². The molecular weight excluding hydrogens is 494 g/mol. The molecule has 0 spiro atoms. The second kappa shape index (κ2) is 11.3. The van der Waals surface area contributed by atoms with Crippen LogP contribution in [0, 0.1) is 12.8 Å². The second-order valence-electron chi connectivity index (χ2n) is 8.40. The van der Waals surface area contributed by atoms with Crippen LogP contribution in [-0.4, -0.2) is 57.9 Å². The number of nitrogens with zero attached hydrogens (tertiary/aromatic N) is 1. The Morgan fingerprint density at radius 2 is 1.66 bits per heavy atom. The molecule has 0 unspecified atom stereocenters. The third kappa shape index (κ3) is 6.25. The number of ether oxygens (including phenoxy) is 2. The molecule has 1 heterocycles. The van der Waals surface area contributed by atoms with Gasteiger partial charge in [0.1, 0.15) is 17.5 Å². The Morgan fingerprint density at radius 3 is 2.23 bits per heavy atom. The summed E-state index contributed by atoms with van der Waals surface area (Å²) in [4.78, 5) is 25.7. The van der Waals surface area contributed by atoms with Gasteiger partial charge in [-0.1, -0.05) is 29.3 Å². The Balaban J connectivity index is 1.56. The van der Waals surface area contributed by atoms with Crippen LogP contribution in [-0.2, 0) is 19.6 Å². The maximum Gasteiger partial charge on any atom is 0.246 e. The Labute approximate surface area is 210 Å². The lowest BCUT2D eigenvalue weighted by Crippen LogP contribution is -2.47. The molecular formula is C24H30ClN3O6S. The number of carbonyl (C=O) groups excluding carboxylic acids is 2. The summed E-state index contributed by atoms with van der Waals surface area (Å²) < 4.78 is 37.6. The fourth-order valence-electron chi connectivity index (χ4n) is 3.81. The zero-order chi connectivity index (χ0) is 25.8. The summed E-state index contributed by atoms with van der Waals surface area (Å²) >= 11 is 6.15. The minimum atomic E-state index is -3.61. The summed E-state index contributed by atoms with van der Waals surface area (Å²) in [5.74, 6) is -0.365. The molecule has 2 aromatic carbocycles. The van der Waals surface area contributed by atoms with E-state index in [9.17, 15) is 18.0 Å². The lowest BCUT2D eigenvalue weighted by Gasteiger charge is -2.31. The third-order valence-corrected chi connectivity index (χ3v) is 8.18. The Kier molecular flexibility index (Phi) is 8.63. The van der Waals surface area contributed by atoms with E-state index in [0.29, 0.717) is 35.1 Å². The first-order chi connectivity index (χ1) is 16.6. The predicted molar refractivity (Wildman–Crippen MR) is 133 cm³/mol. The lowest BCUT2D eigenvalue weighted by molar-refractivity contribution is -0.129. The van der Waals surface area contributed by atoms with Crippen LogP contribution in [0.2, 0.25) is 5.02 Å². The number of benzene rings is 2. The van der Waals surface area contributed by atoms with E-state index in [0.717, 1.165) is 5.56 Å². The molecule has 0 radical (unpaired) electrons. The van der Waals surface area contributed by atoms with Gasteiger partial charge in [-0.05, 0) is 44.9 Å². The summed E-state index contributed by atoms with van der Waals surface area (Å²) in [6.45, 7) is 3.93. The van der Waals surface area contributed by atoms with Gasteiger partial charge in [-0.2, -0.15) is 4.31 Å². The fraction of sp³-hybridized carbons (Fsp3) is 0.417. The SMILES string of the molecule is COc1cc(OC)c(NC(=O)[C@H](C)NC(=O)C2CCN(S(=O)(=O)c3ccc(C)cc3)CC2)cc1Cl. The molecule has 1 aliphatic heterocycles. The number of rotatable bonds is 8. The number of piperidine rings is 1. The quantitative estimate of drug-likeness (QED) is 0.549. The standard InChI is InChI=1S/C24H30ClN3O6S/c1-15-5-7-18(8-6-15)35(31,32)28-11-9-17(10-12-28)24(30)26-16(2)23(29)27-20-13-19(25)21(33-3)14-22(20)34-4/h5-8,13-14,16-17H,9-12H2,1-4H3,(H,26,30)(H,27,29)/t16-/m0/s1. The topological polar surface area (TPSA) is 114 Å². The molecule has 1 fully saturated rings. The average molecular weight is 524 g/mol. The molecule has 9 nitrogen and oxygen atoms in total. The smallest absolute Gasteiger partial charge is 0.246 e. The molecule has 35 heavy (non-hydrogen) atoms. The number of amides is 2. The van der Waals surface area contributed by atoms with Gasteiger partial charge in [0, 0.05) is 25.1 Å². The number of aryl methyl sites for hydroxylation is 1. The molecule has 0 aliphatic carbocycles. The van der Waals surface area contributed by atoms with Crippen molar-refractivity contribution in [2.75, 3.05) is 32.6 Å². The van der Waals surface area contributed by atoms with Crippen molar-refractivity contribution in [3.63, 3.8) is 0 Å². The molecule has 1 aliphatic rings. The van der Waals surface area contributed by atoms with Crippen molar-refractivity contribution in [1.82, 2.24) is 9.62 Å². The molecule has 190 valence electrons. The minimum absolute atomic E-state index is 0.233. The first-order valence-electron chi connectivity index (χ1n) is 11.2. The van der Waals surface area contributed by atoms with E-state index in [4.69, 9.17) is 21.1 Å². The highest BCUT2D eigenvalue weighted by Gasteiger charge is 2.33. The molecule has 0 bridgehead atoms. The van der Waals surface area contributed by atoms with E-state index in [1.165, 1.54) is 24.6 Å². The monoisotopic (exact) mass is 523 g/mol. The van der Waals surface area contributed by atoms with Crippen LogP contribution < -0.4 is 20.1 Å². The average Bonchev–Trinajstić information content (AvgIpc) is 2.84. The first-order valence-corrected chi connectivity index (χ1v) is 13.0. The highest BCUT2D eigenvalue weighted by Crippen LogP contribution is 2.36. The highest BCUT2D eigenvalue weighted by atomic mass is 35.5. The number of hydrogen-bond donors (Lipinski definition) is 2.